The van der Waals surface area contributed by atoms with Gasteiger partial charge in [-0.15, -0.1) is 11.3 Å². The van der Waals surface area contributed by atoms with Crippen LogP contribution in [-0.4, -0.2) is 11.9 Å². The molecule has 3 aromatic rings. The average Bonchev–Trinajstić information content (AvgIpc) is 3.09. The van der Waals surface area contributed by atoms with E-state index in [1.165, 1.54) is 11.3 Å². The lowest BCUT2D eigenvalue weighted by Crippen LogP contribution is -1.99. The van der Waals surface area contributed by atoms with Crippen molar-refractivity contribution in [3.63, 3.8) is 0 Å². The van der Waals surface area contributed by atoms with Crippen LogP contribution in [0.2, 0.25) is 10.0 Å². The first-order valence-electron chi connectivity index (χ1n) is 7.00. The molecule has 0 fully saturated rings. The van der Waals surface area contributed by atoms with Gasteiger partial charge in [0.25, 0.3) is 0 Å². The zero-order valence-electron chi connectivity index (χ0n) is 12.0. The quantitative estimate of drug-likeness (QED) is 0.426. The van der Waals surface area contributed by atoms with Gasteiger partial charge in [0.1, 0.15) is 0 Å². The first kappa shape index (κ1) is 15.4. The lowest BCUT2D eigenvalue weighted by atomic mass is 10.0. The molecule has 6 heteroatoms. The highest BCUT2D eigenvalue weighted by Gasteiger charge is 2.38. The fourth-order valence-electron chi connectivity index (χ4n) is 2.62. The van der Waals surface area contributed by atoms with E-state index in [1.54, 1.807) is 24.3 Å². The number of hydrogen-bond acceptors (Lipinski definition) is 4. The van der Waals surface area contributed by atoms with E-state index >= 15 is 0 Å². The van der Waals surface area contributed by atoms with Crippen LogP contribution in [0.15, 0.2) is 48.5 Å². The number of esters is 2. The van der Waals surface area contributed by atoms with Gasteiger partial charge in [0, 0.05) is 10.0 Å². The Labute approximate surface area is 151 Å². The van der Waals surface area contributed by atoms with E-state index in [9.17, 15) is 9.59 Å². The minimum absolute atomic E-state index is 0.317. The molecular weight excluding hydrogens is 367 g/mol. The van der Waals surface area contributed by atoms with Crippen molar-refractivity contribution in [1.29, 1.82) is 0 Å². The van der Waals surface area contributed by atoms with E-state index in [0.29, 0.717) is 30.9 Å². The number of carbonyl (C=O) groups is 2. The van der Waals surface area contributed by atoms with E-state index < -0.39 is 11.9 Å². The molecule has 4 rings (SSSR count). The molecule has 1 aromatic heterocycles. The van der Waals surface area contributed by atoms with Crippen molar-refractivity contribution in [3.05, 3.63) is 69.7 Å². The van der Waals surface area contributed by atoms with Crippen LogP contribution in [0.3, 0.4) is 0 Å². The van der Waals surface area contributed by atoms with Gasteiger partial charge in [-0.25, -0.2) is 9.59 Å². The topological polar surface area (TPSA) is 43.4 Å². The minimum Gasteiger partial charge on any atom is -0.386 e. The Balaban J connectivity index is 1.96. The molecule has 2 aromatic carbocycles. The van der Waals surface area contributed by atoms with Crippen molar-refractivity contribution in [3.8, 4) is 20.9 Å². The first-order chi connectivity index (χ1) is 11.5. The predicted molar refractivity (Wildman–Crippen MR) is 95.0 cm³/mol. The second-order valence-electron chi connectivity index (χ2n) is 5.20. The van der Waals surface area contributed by atoms with Gasteiger partial charge in [-0.05, 0) is 35.4 Å². The van der Waals surface area contributed by atoms with Crippen LogP contribution in [0.1, 0.15) is 20.7 Å². The fourth-order valence-corrected chi connectivity index (χ4v) is 4.15. The van der Waals surface area contributed by atoms with Gasteiger partial charge in [-0.3, -0.25) is 0 Å². The van der Waals surface area contributed by atoms with E-state index in [2.05, 4.69) is 0 Å². The van der Waals surface area contributed by atoms with Gasteiger partial charge in [0.2, 0.25) is 0 Å². The molecule has 0 atom stereocenters. The van der Waals surface area contributed by atoms with Gasteiger partial charge in [-0.1, -0.05) is 47.5 Å². The van der Waals surface area contributed by atoms with Crippen molar-refractivity contribution >= 4 is 46.5 Å². The van der Waals surface area contributed by atoms with Crippen LogP contribution >= 0.6 is 34.5 Å². The average molecular weight is 375 g/mol. The lowest BCUT2D eigenvalue weighted by molar-refractivity contribution is 0.0444. The van der Waals surface area contributed by atoms with Gasteiger partial charge in [0.15, 0.2) is 0 Å². The Morgan fingerprint density at radius 1 is 0.667 bits per heavy atom. The standard InChI is InChI=1S/C18H8Cl2O3S/c19-11-5-1-9(2-6-11)15-13-14(18(22)23-17(13)21)16(24-15)10-3-7-12(20)8-4-10/h1-8H. The largest absolute Gasteiger partial charge is 0.386 e. The van der Waals surface area contributed by atoms with Crippen molar-refractivity contribution in [2.45, 2.75) is 0 Å². The molecule has 0 unspecified atom stereocenters. The summed E-state index contributed by atoms with van der Waals surface area (Å²) in [6.07, 6.45) is 0. The molecule has 3 nitrogen and oxygen atoms in total. The van der Waals surface area contributed by atoms with Crippen LogP contribution in [0.5, 0.6) is 0 Å². The Bertz CT molecular complexity index is 895. The fraction of sp³-hybridized carbons (Fsp3) is 0. The summed E-state index contributed by atoms with van der Waals surface area (Å²) in [5.41, 5.74) is 2.26. The Hall–Kier alpha value is -2.14. The highest BCUT2D eigenvalue weighted by atomic mass is 35.5. The number of fused-ring (bicyclic) bond motifs is 1. The van der Waals surface area contributed by atoms with Crippen molar-refractivity contribution in [2.24, 2.45) is 0 Å². The number of ether oxygens (including phenoxy) is 1. The van der Waals surface area contributed by atoms with Crippen molar-refractivity contribution in [1.82, 2.24) is 0 Å². The second kappa shape index (κ2) is 5.74. The molecule has 0 saturated carbocycles. The number of thiophene rings is 1. The van der Waals surface area contributed by atoms with Crippen molar-refractivity contribution < 1.29 is 14.3 Å². The first-order valence-corrected chi connectivity index (χ1v) is 8.57. The molecule has 0 N–H and O–H groups in total. The summed E-state index contributed by atoms with van der Waals surface area (Å²) in [6.45, 7) is 0. The Kier molecular flexibility index (Phi) is 3.68. The van der Waals surface area contributed by atoms with E-state index in [0.717, 1.165) is 11.1 Å². The van der Waals surface area contributed by atoms with Crippen LogP contribution in [0.25, 0.3) is 20.9 Å². The smallest absolute Gasteiger partial charge is 0.348 e. The monoisotopic (exact) mass is 374 g/mol. The minimum atomic E-state index is -0.614. The maximum Gasteiger partial charge on any atom is 0.348 e. The summed E-state index contributed by atoms with van der Waals surface area (Å²) in [5.74, 6) is -1.23. The Morgan fingerprint density at radius 2 is 1.04 bits per heavy atom. The van der Waals surface area contributed by atoms with E-state index in [4.69, 9.17) is 27.9 Å². The van der Waals surface area contributed by atoms with Crippen LogP contribution in [0, 0.1) is 0 Å². The third kappa shape index (κ3) is 2.44. The molecule has 2 heterocycles. The van der Waals surface area contributed by atoms with Gasteiger partial charge in [-0.2, -0.15) is 0 Å². The summed E-state index contributed by atoms with van der Waals surface area (Å²) in [6, 6.07) is 14.2. The number of carbonyl (C=O) groups excluding carboxylic acids is 2. The number of hydrogen-bond donors (Lipinski definition) is 0. The molecular formula is C18H8Cl2O3S. The summed E-state index contributed by atoms with van der Waals surface area (Å²) < 4.78 is 4.82. The van der Waals surface area contributed by atoms with Crippen LogP contribution in [0.4, 0.5) is 0 Å². The highest BCUT2D eigenvalue weighted by molar-refractivity contribution is 7.19. The molecule has 0 aliphatic carbocycles. The van der Waals surface area contributed by atoms with Gasteiger partial charge in [0.05, 0.1) is 20.9 Å². The zero-order chi connectivity index (χ0) is 16.8. The Morgan fingerprint density at radius 3 is 1.42 bits per heavy atom. The second-order valence-corrected chi connectivity index (χ2v) is 7.09. The normalized spacial score (nSPS) is 13.1. The predicted octanol–water partition coefficient (Wildman–Crippen LogP) is 5.70. The summed E-state index contributed by atoms with van der Waals surface area (Å²) in [7, 11) is 0. The molecule has 0 radical (unpaired) electrons. The summed E-state index contributed by atoms with van der Waals surface area (Å²) in [4.78, 5) is 25.7. The van der Waals surface area contributed by atoms with Gasteiger partial charge < -0.3 is 4.74 Å². The van der Waals surface area contributed by atoms with E-state index in [-0.39, 0.29) is 0 Å². The third-order valence-electron chi connectivity index (χ3n) is 3.71. The van der Waals surface area contributed by atoms with Gasteiger partial charge >= 0.3 is 11.9 Å². The summed E-state index contributed by atoms with van der Waals surface area (Å²) >= 11 is 13.2. The maximum absolute atomic E-state index is 12.2. The molecule has 0 amide bonds. The molecule has 118 valence electrons. The molecule has 24 heavy (non-hydrogen) atoms. The zero-order valence-corrected chi connectivity index (χ0v) is 14.3. The number of cyclic esters (lactones) is 2. The van der Waals surface area contributed by atoms with Crippen molar-refractivity contribution in [2.75, 3.05) is 0 Å². The van der Waals surface area contributed by atoms with E-state index in [1.807, 2.05) is 24.3 Å². The van der Waals surface area contributed by atoms with Crippen LogP contribution < -0.4 is 0 Å². The number of benzene rings is 2. The number of halogens is 2. The molecule has 1 aliphatic rings. The lowest BCUT2D eigenvalue weighted by Gasteiger charge is -2.01. The molecule has 1 aliphatic heterocycles. The maximum atomic E-state index is 12.2. The highest BCUT2D eigenvalue weighted by Crippen LogP contribution is 2.45. The summed E-state index contributed by atoms with van der Waals surface area (Å²) in [5, 5.41) is 1.20. The molecule has 0 bridgehead atoms. The molecule has 0 saturated heterocycles. The van der Waals surface area contributed by atoms with Crippen LogP contribution in [-0.2, 0) is 4.74 Å². The SMILES string of the molecule is O=C1OC(=O)c2c(-c3ccc(Cl)cc3)sc(-c3ccc(Cl)cc3)c21. The number of rotatable bonds is 2. The molecule has 0 spiro atoms. The third-order valence-corrected chi connectivity index (χ3v) is 5.51.